The second kappa shape index (κ2) is 8.28. The van der Waals surface area contributed by atoms with Crippen molar-refractivity contribution in [1.82, 2.24) is 15.0 Å². The second-order valence-electron chi connectivity index (χ2n) is 13.9. The van der Waals surface area contributed by atoms with Crippen LogP contribution in [0.5, 0.6) is 0 Å². The lowest BCUT2D eigenvalue weighted by Crippen LogP contribution is -2.42. The first-order chi connectivity index (χ1) is 15.7. The minimum Gasteiger partial charge on any atom is -0.398 e. The van der Waals surface area contributed by atoms with Gasteiger partial charge in [0.25, 0.3) is 0 Å². The second-order valence-corrected chi connectivity index (χ2v) is 13.9. The Morgan fingerprint density at radius 1 is 0.743 bits per heavy atom. The van der Waals surface area contributed by atoms with Gasteiger partial charge in [0.2, 0.25) is 0 Å². The lowest BCUT2D eigenvalue weighted by atomic mass is 9.59. The van der Waals surface area contributed by atoms with E-state index in [0.29, 0.717) is 5.82 Å². The van der Waals surface area contributed by atoms with Crippen LogP contribution in [0.2, 0.25) is 0 Å². The summed E-state index contributed by atoms with van der Waals surface area (Å²) in [5.41, 5.74) is 12.1. The molecule has 1 aromatic carbocycles. The first kappa shape index (κ1) is 27.1. The Bertz CT molecular complexity index is 1160. The molecular weight excluding hydrogens is 428 g/mol. The molecule has 0 saturated heterocycles. The van der Waals surface area contributed by atoms with Gasteiger partial charge < -0.3 is 5.73 Å². The van der Waals surface area contributed by atoms with Gasteiger partial charge in [0.1, 0.15) is 11.6 Å². The van der Waals surface area contributed by atoms with E-state index in [-0.39, 0.29) is 27.1 Å². The topological polar surface area (TPSA) is 64.7 Å². The van der Waals surface area contributed by atoms with Crippen molar-refractivity contribution in [3.8, 4) is 0 Å². The highest BCUT2D eigenvalue weighted by molar-refractivity contribution is 5.70. The van der Waals surface area contributed by atoms with E-state index in [2.05, 4.69) is 101 Å². The van der Waals surface area contributed by atoms with Crippen LogP contribution >= 0.6 is 0 Å². The molecule has 2 N–H and O–H groups in total. The third-order valence-electron chi connectivity index (χ3n) is 8.67. The summed E-state index contributed by atoms with van der Waals surface area (Å²) in [6.45, 7) is 29.0. The van der Waals surface area contributed by atoms with Crippen molar-refractivity contribution >= 4 is 11.3 Å². The highest BCUT2D eigenvalue weighted by Crippen LogP contribution is 2.61. The normalized spacial score (nSPS) is 19.6. The number of rotatable bonds is 3. The van der Waals surface area contributed by atoms with E-state index in [1.165, 1.54) is 11.1 Å². The van der Waals surface area contributed by atoms with Gasteiger partial charge in [-0.05, 0) is 57.6 Å². The average Bonchev–Trinajstić information content (AvgIpc) is 2.84. The predicted molar refractivity (Wildman–Crippen MR) is 149 cm³/mol. The quantitative estimate of drug-likeness (QED) is 0.469. The van der Waals surface area contributed by atoms with Crippen molar-refractivity contribution in [3.63, 3.8) is 0 Å². The summed E-state index contributed by atoms with van der Waals surface area (Å²) in [6, 6.07) is 6.72. The van der Waals surface area contributed by atoms with Crippen LogP contribution < -0.4 is 5.73 Å². The van der Waals surface area contributed by atoms with E-state index < -0.39 is 0 Å². The van der Waals surface area contributed by atoms with Crippen LogP contribution in [-0.4, -0.2) is 15.0 Å². The van der Waals surface area contributed by atoms with Crippen molar-refractivity contribution in [1.29, 1.82) is 0 Å². The molecule has 0 bridgehead atoms. The number of aromatic nitrogens is 3. The highest BCUT2D eigenvalue weighted by Gasteiger charge is 2.56. The smallest absolute Gasteiger partial charge is 0.159 e. The van der Waals surface area contributed by atoms with E-state index >= 15 is 0 Å². The van der Waals surface area contributed by atoms with E-state index in [9.17, 15) is 0 Å². The predicted octanol–water partition coefficient (Wildman–Crippen LogP) is 7.46. The Hall–Kier alpha value is -2.49. The molecule has 0 amide bonds. The molecule has 0 radical (unpaired) electrons. The molecule has 0 unspecified atom stereocenters. The lowest BCUT2D eigenvalue weighted by molar-refractivity contribution is 0.125. The first-order valence-corrected chi connectivity index (χ1v) is 12.8. The number of hydrogen-bond acceptors (Lipinski definition) is 4. The van der Waals surface area contributed by atoms with Gasteiger partial charge in [-0.15, -0.1) is 0 Å². The van der Waals surface area contributed by atoms with Crippen LogP contribution in [0.15, 0.2) is 30.4 Å². The van der Waals surface area contributed by atoms with Gasteiger partial charge in [-0.25, -0.2) is 15.0 Å². The molecular formula is C31H46N4. The minimum absolute atomic E-state index is 0.0471. The largest absolute Gasteiger partial charge is 0.398 e. The average molecular weight is 475 g/mol. The van der Waals surface area contributed by atoms with Crippen LogP contribution in [0.25, 0.3) is 11.3 Å². The summed E-state index contributed by atoms with van der Waals surface area (Å²) < 4.78 is 0. The van der Waals surface area contributed by atoms with Crippen molar-refractivity contribution in [3.05, 3.63) is 64.5 Å². The van der Waals surface area contributed by atoms with Gasteiger partial charge in [-0.1, -0.05) is 101 Å². The van der Waals surface area contributed by atoms with Crippen molar-refractivity contribution in [2.45, 2.75) is 112 Å². The molecule has 2 aromatic rings. The molecule has 1 aromatic heterocycles. The van der Waals surface area contributed by atoms with E-state index in [1.54, 1.807) is 0 Å². The van der Waals surface area contributed by atoms with E-state index in [1.807, 2.05) is 19.1 Å². The zero-order chi connectivity index (χ0) is 26.8. The summed E-state index contributed by atoms with van der Waals surface area (Å²) in [5.74, 6) is 2.32. The summed E-state index contributed by atoms with van der Waals surface area (Å²) >= 11 is 0. The van der Waals surface area contributed by atoms with Crippen LogP contribution in [0.1, 0.15) is 124 Å². The molecule has 3 rings (SSSR count). The van der Waals surface area contributed by atoms with Crippen LogP contribution in [0, 0.1) is 5.41 Å². The number of nitrogens with two attached hydrogens (primary N) is 1. The zero-order valence-electron chi connectivity index (χ0n) is 24.3. The van der Waals surface area contributed by atoms with Crippen molar-refractivity contribution in [2.75, 3.05) is 0 Å². The fourth-order valence-electron chi connectivity index (χ4n) is 4.85. The molecule has 4 heteroatoms. The lowest BCUT2D eigenvalue weighted by Gasteiger charge is -2.44. The molecule has 0 aliphatic heterocycles. The molecule has 1 heterocycles. The third-order valence-corrected chi connectivity index (χ3v) is 8.67. The number of benzene rings is 1. The van der Waals surface area contributed by atoms with Gasteiger partial charge in [0.05, 0.1) is 0 Å². The number of nitrogens with zero attached hydrogens (tertiary/aromatic N) is 3. The Balaban J connectivity index is 2.03. The monoisotopic (exact) mass is 474 g/mol. The SMILES string of the molecule is C/C(=C\C=C(/N)c1ccc2c(c1)C(C)(C)C(C)(C)C2(C)C)c1nc(C(C)(C)C)nc(C(C)(C)C)n1. The van der Waals surface area contributed by atoms with Crippen LogP contribution in [0.4, 0.5) is 0 Å². The Morgan fingerprint density at radius 3 is 1.71 bits per heavy atom. The van der Waals surface area contributed by atoms with Crippen molar-refractivity contribution in [2.24, 2.45) is 11.1 Å². The molecule has 0 saturated carbocycles. The van der Waals surface area contributed by atoms with E-state index in [0.717, 1.165) is 28.5 Å². The molecule has 1 aliphatic rings. The number of fused-ring (bicyclic) bond motifs is 1. The molecule has 35 heavy (non-hydrogen) atoms. The zero-order valence-corrected chi connectivity index (χ0v) is 24.3. The highest BCUT2D eigenvalue weighted by atomic mass is 15.1. The first-order valence-electron chi connectivity index (χ1n) is 12.8. The molecule has 0 spiro atoms. The maximum absolute atomic E-state index is 6.60. The standard InChI is InChI=1S/C31H46N4/c1-19(24-33-25(27(2,3)4)35-26(34-24)28(5,6)7)14-17-23(32)20-15-16-21-22(18-20)30(10,11)31(12,13)29(21,8)9/h14-18H,32H2,1-13H3/b19-14+,23-17-. The maximum Gasteiger partial charge on any atom is 0.159 e. The van der Waals surface area contributed by atoms with E-state index in [4.69, 9.17) is 20.7 Å². The summed E-state index contributed by atoms with van der Waals surface area (Å²) in [7, 11) is 0. The van der Waals surface area contributed by atoms with Gasteiger partial charge in [-0.2, -0.15) is 0 Å². The van der Waals surface area contributed by atoms with Gasteiger partial charge >= 0.3 is 0 Å². The summed E-state index contributed by atoms with van der Waals surface area (Å²) in [5, 5.41) is 0. The Morgan fingerprint density at radius 2 is 1.23 bits per heavy atom. The third kappa shape index (κ3) is 4.57. The molecule has 1 aliphatic carbocycles. The van der Waals surface area contributed by atoms with Gasteiger partial charge in [-0.3, -0.25) is 0 Å². The number of allylic oxidation sites excluding steroid dienone is 3. The Labute approximate surface area is 213 Å². The Kier molecular flexibility index (Phi) is 6.41. The molecule has 0 fully saturated rings. The minimum atomic E-state index is -0.161. The molecule has 0 atom stereocenters. The van der Waals surface area contributed by atoms with Gasteiger partial charge in [0, 0.05) is 16.5 Å². The number of hydrogen-bond donors (Lipinski definition) is 1. The molecule has 4 nitrogen and oxygen atoms in total. The van der Waals surface area contributed by atoms with Crippen LogP contribution in [-0.2, 0) is 21.7 Å². The molecule has 190 valence electrons. The fraction of sp³-hybridized carbons (Fsp3) is 0.581. The fourth-order valence-corrected chi connectivity index (χ4v) is 4.85. The summed E-state index contributed by atoms with van der Waals surface area (Å²) in [4.78, 5) is 14.4. The van der Waals surface area contributed by atoms with Crippen LogP contribution in [0.3, 0.4) is 0 Å². The maximum atomic E-state index is 6.60. The van der Waals surface area contributed by atoms with Gasteiger partial charge in [0.15, 0.2) is 5.82 Å². The summed E-state index contributed by atoms with van der Waals surface area (Å²) in [6.07, 6.45) is 4.00. The van der Waals surface area contributed by atoms with Crippen molar-refractivity contribution < 1.29 is 0 Å².